The molecule has 0 aliphatic carbocycles. The Morgan fingerprint density at radius 1 is 1.50 bits per heavy atom. The fourth-order valence-electron chi connectivity index (χ4n) is 1.65. The quantitative estimate of drug-likeness (QED) is 0.927. The van der Waals surface area contributed by atoms with E-state index in [1.54, 1.807) is 46.2 Å². The van der Waals surface area contributed by atoms with Crippen molar-refractivity contribution >= 4 is 21.8 Å². The molecule has 1 N–H and O–H groups in total. The second-order valence-corrected chi connectivity index (χ2v) is 5.67. The number of benzene rings is 1. The van der Waals surface area contributed by atoms with Crippen LogP contribution in [0.4, 0.5) is 0 Å². The van der Waals surface area contributed by atoms with Crippen LogP contribution in [0.2, 0.25) is 0 Å². The Bertz CT molecular complexity index is 440. The summed E-state index contributed by atoms with van der Waals surface area (Å²) in [4.78, 5) is 13.7. The van der Waals surface area contributed by atoms with Crippen molar-refractivity contribution in [2.24, 2.45) is 0 Å². The molecule has 0 aliphatic heterocycles. The summed E-state index contributed by atoms with van der Waals surface area (Å²) in [6, 6.07) is 5.22. The normalized spacial score (nSPS) is 11.2. The maximum atomic E-state index is 12.2. The highest BCUT2D eigenvalue weighted by Crippen LogP contribution is 2.24. The molecule has 0 atom stereocenters. The number of halogens is 1. The van der Waals surface area contributed by atoms with Gasteiger partial charge in [0.15, 0.2) is 0 Å². The highest BCUT2D eigenvalue weighted by molar-refractivity contribution is 9.10. The van der Waals surface area contributed by atoms with Gasteiger partial charge in [0, 0.05) is 18.1 Å². The van der Waals surface area contributed by atoms with Gasteiger partial charge >= 0.3 is 0 Å². The Balaban J connectivity index is 2.96. The first-order chi connectivity index (χ1) is 8.24. The fourth-order valence-corrected chi connectivity index (χ4v) is 2.07. The summed E-state index contributed by atoms with van der Waals surface area (Å²) in [6.07, 6.45) is 0. The molecule has 18 heavy (non-hydrogen) atoms. The zero-order valence-corrected chi connectivity index (χ0v) is 12.6. The van der Waals surface area contributed by atoms with Crippen LogP contribution in [0.15, 0.2) is 22.7 Å². The molecule has 0 spiro atoms. The molecule has 0 saturated carbocycles. The average Bonchev–Trinajstić information content (AvgIpc) is 2.26. The Labute approximate surface area is 116 Å². The van der Waals surface area contributed by atoms with Crippen LogP contribution < -0.4 is 4.74 Å². The molecule has 100 valence electrons. The molecular formula is C13H18BrNO3. The lowest BCUT2D eigenvalue weighted by Gasteiger charge is -2.26. The van der Waals surface area contributed by atoms with Gasteiger partial charge in [-0.1, -0.05) is 0 Å². The Kier molecular flexibility index (Phi) is 4.76. The SMILES string of the molecule is COc1ccc(Br)c(C(=O)N(C)CC(C)(C)O)c1. The lowest BCUT2D eigenvalue weighted by Crippen LogP contribution is -2.39. The van der Waals surface area contributed by atoms with Crippen molar-refractivity contribution in [3.05, 3.63) is 28.2 Å². The van der Waals surface area contributed by atoms with Crippen LogP contribution in [0.5, 0.6) is 5.75 Å². The van der Waals surface area contributed by atoms with E-state index in [-0.39, 0.29) is 12.5 Å². The van der Waals surface area contributed by atoms with E-state index in [1.807, 2.05) is 0 Å². The predicted octanol–water partition coefficient (Wildman–Crippen LogP) is 2.30. The molecule has 5 heteroatoms. The van der Waals surface area contributed by atoms with Crippen LogP contribution >= 0.6 is 15.9 Å². The zero-order valence-electron chi connectivity index (χ0n) is 11.0. The van der Waals surface area contributed by atoms with Crippen molar-refractivity contribution < 1.29 is 14.6 Å². The van der Waals surface area contributed by atoms with Crippen molar-refractivity contribution in [2.75, 3.05) is 20.7 Å². The van der Waals surface area contributed by atoms with E-state index in [0.29, 0.717) is 15.8 Å². The predicted molar refractivity (Wildman–Crippen MR) is 74.0 cm³/mol. The zero-order chi connectivity index (χ0) is 13.9. The molecule has 0 bridgehead atoms. The molecule has 1 aromatic carbocycles. The lowest BCUT2D eigenvalue weighted by atomic mass is 10.1. The smallest absolute Gasteiger partial charge is 0.254 e. The van der Waals surface area contributed by atoms with Crippen molar-refractivity contribution in [2.45, 2.75) is 19.4 Å². The van der Waals surface area contributed by atoms with Gasteiger partial charge in [0.25, 0.3) is 5.91 Å². The summed E-state index contributed by atoms with van der Waals surface area (Å²) >= 11 is 3.34. The van der Waals surface area contributed by atoms with Gasteiger partial charge in [-0.05, 0) is 48.0 Å². The van der Waals surface area contributed by atoms with Crippen molar-refractivity contribution in [1.82, 2.24) is 4.90 Å². The summed E-state index contributed by atoms with van der Waals surface area (Å²) in [6.45, 7) is 3.59. The highest BCUT2D eigenvalue weighted by Gasteiger charge is 2.22. The summed E-state index contributed by atoms with van der Waals surface area (Å²) in [5.74, 6) is 0.459. The van der Waals surface area contributed by atoms with Gasteiger partial charge < -0.3 is 14.7 Å². The van der Waals surface area contributed by atoms with E-state index in [0.717, 1.165) is 0 Å². The van der Waals surface area contributed by atoms with Crippen LogP contribution in [0.1, 0.15) is 24.2 Å². The molecular weight excluding hydrogens is 298 g/mol. The van der Waals surface area contributed by atoms with Gasteiger partial charge in [-0.2, -0.15) is 0 Å². The first-order valence-corrected chi connectivity index (χ1v) is 6.35. The molecule has 0 heterocycles. The highest BCUT2D eigenvalue weighted by atomic mass is 79.9. The van der Waals surface area contributed by atoms with E-state index in [2.05, 4.69) is 15.9 Å². The van der Waals surface area contributed by atoms with E-state index < -0.39 is 5.60 Å². The number of hydrogen-bond donors (Lipinski definition) is 1. The Morgan fingerprint density at radius 3 is 2.61 bits per heavy atom. The molecule has 1 rings (SSSR count). The number of aliphatic hydroxyl groups is 1. The molecule has 1 amide bonds. The summed E-state index contributed by atoms with van der Waals surface area (Å²) in [5.41, 5.74) is -0.406. The number of carbonyl (C=O) groups is 1. The third-order valence-corrected chi connectivity index (χ3v) is 3.07. The van der Waals surface area contributed by atoms with E-state index in [1.165, 1.54) is 4.90 Å². The van der Waals surface area contributed by atoms with E-state index >= 15 is 0 Å². The van der Waals surface area contributed by atoms with Gasteiger partial charge in [0.1, 0.15) is 5.75 Å². The molecule has 4 nitrogen and oxygen atoms in total. The second kappa shape index (κ2) is 5.71. The number of hydrogen-bond acceptors (Lipinski definition) is 3. The maximum absolute atomic E-state index is 12.2. The van der Waals surface area contributed by atoms with Crippen LogP contribution in [0.3, 0.4) is 0 Å². The second-order valence-electron chi connectivity index (χ2n) is 4.82. The van der Waals surface area contributed by atoms with Crippen LogP contribution in [0.25, 0.3) is 0 Å². The van der Waals surface area contributed by atoms with E-state index in [9.17, 15) is 9.90 Å². The minimum atomic E-state index is -0.921. The summed E-state index contributed by atoms with van der Waals surface area (Å²) in [5, 5.41) is 9.72. The molecule has 0 unspecified atom stereocenters. The first kappa shape index (κ1) is 15.0. The lowest BCUT2D eigenvalue weighted by molar-refractivity contribution is 0.0367. The van der Waals surface area contributed by atoms with Crippen molar-refractivity contribution in [3.8, 4) is 5.75 Å². The number of amides is 1. The molecule has 0 aliphatic rings. The van der Waals surface area contributed by atoms with Crippen molar-refractivity contribution in [1.29, 1.82) is 0 Å². The summed E-state index contributed by atoms with van der Waals surface area (Å²) in [7, 11) is 3.21. The van der Waals surface area contributed by atoms with E-state index in [4.69, 9.17) is 4.74 Å². The maximum Gasteiger partial charge on any atom is 0.254 e. The third-order valence-electron chi connectivity index (χ3n) is 2.37. The van der Waals surface area contributed by atoms with Crippen LogP contribution in [-0.4, -0.2) is 42.2 Å². The standard InChI is InChI=1S/C13H18BrNO3/c1-13(2,17)8-15(3)12(16)10-7-9(18-4)5-6-11(10)14/h5-7,17H,8H2,1-4H3. The van der Waals surface area contributed by atoms with Crippen molar-refractivity contribution in [3.63, 3.8) is 0 Å². The van der Waals surface area contributed by atoms with Gasteiger partial charge in [-0.25, -0.2) is 0 Å². The van der Waals surface area contributed by atoms with Gasteiger partial charge in [0.2, 0.25) is 0 Å². The number of nitrogens with zero attached hydrogens (tertiary/aromatic N) is 1. The number of likely N-dealkylation sites (N-methyl/N-ethyl adjacent to an activating group) is 1. The molecule has 0 saturated heterocycles. The number of rotatable bonds is 4. The molecule has 0 fully saturated rings. The van der Waals surface area contributed by atoms with Crippen LogP contribution in [-0.2, 0) is 0 Å². The topological polar surface area (TPSA) is 49.8 Å². The fraction of sp³-hybridized carbons (Fsp3) is 0.462. The molecule has 0 aromatic heterocycles. The average molecular weight is 316 g/mol. The van der Waals surface area contributed by atoms with Crippen LogP contribution in [0, 0.1) is 0 Å². The largest absolute Gasteiger partial charge is 0.497 e. The Morgan fingerprint density at radius 2 is 2.11 bits per heavy atom. The monoisotopic (exact) mass is 315 g/mol. The van der Waals surface area contributed by atoms with Gasteiger partial charge in [0.05, 0.1) is 18.3 Å². The minimum Gasteiger partial charge on any atom is -0.497 e. The number of carbonyl (C=O) groups excluding carboxylic acids is 1. The molecule has 0 radical (unpaired) electrons. The first-order valence-electron chi connectivity index (χ1n) is 5.56. The third kappa shape index (κ3) is 3.99. The number of methoxy groups -OCH3 is 1. The van der Waals surface area contributed by atoms with Gasteiger partial charge in [-0.15, -0.1) is 0 Å². The molecule has 1 aromatic rings. The minimum absolute atomic E-state index is 0.164. The summed E-state index contributed by atoms with van der Waals surface area (Å²) < 4.78 is 5.80. The Hall–Kier alpha value is -1.07. The van der Waals surface area contributed by atoms with Gasteiger partial charge in [-0.3, -0.25) is 4.79 Å². The number of ether oxygens (including phenoxy) is 1.